The number of unbranched alkanes of at least 4 members (excludes halogenated alkanes) is 15. The second-order valence-electron chi connectivity index (χ2n) is 13.1. The molecule has 0 saturated carbocycles. The molecule has 1 N–H and O–H groups in total. The number of nitrogens with zero attached hydrogens (tertiary/aromatic N) is 1. The number of esters is 2. The van der Waals surface area contributed by atoms with E-state index in [-0.39, 0.29) is 23.8 Å². The van der Waals surface area contributed by atoms with Gasteiger partial charge in [0.25, 0.3) is 0 Å². The molecule has 0 rings (SSSR count). The molecule has 6 heteroatoms. The summed E-state index contributed by atoms with van der Waals surface area (Å²) in [5, 5.41) is 9.20. The molecule has 0 aromatic rings. The summed E-state index contributed by atoms with van der Waals surface area (Å²) in [6.07, 6.45) is 27.1. The quantitative estimate of drug-likeness (QED) is 0.0566. The molecule has 6 nitrogen and oxygen atoms in total. The summed E-state index contributed by atoms with van der Waals surface area (Å²) in [6.45, 7) is 13.4. The summed E-state index contributed by atoms with van der Waals surface area (Å²) in [5.74, 6) is 0.206. The zero-order valence-corrected chi connectivity index (χ0v) is 29.9. The third-order valence-corrected chi connectivity index (χ3v) is 9.07. The zero-order chi connectivity index (χ0) is 32.5. The van der Waals surface area contributed by atoms with Crippen molar-refractivity contribution < 1.29 is 24.2 Å². The molecule has 0 aliphatic carbocycles. The molecule has 0 bridgehead atoms. The number of hydrogen-bond donors (Lipinski definition) is 1. The van der Waals surface area contributed by atoms with Gasteiger partial charge in [0.1, 0.15) is 0 Å². The van der Waals surface area contributed by atoms with E-state index in [1.54, 1.807) is 0 Å². The molecular formula is C38H75NO5. The lowest BCUT2D eigenvalue weighted by atomic mass is 10.00. The molecule has 0 radical (unpaired) electrons. The normalized spacial score (nSPS) is 12.9. The maximum Gasteiger partial charge on any atom is 0.308 e. The first-order valence-corrected chi connectivity index (χ1v) is 19.2. The van der Waals surface area contributed by atoms with Crippen molar-refractivity contribution in [1.29, 1.82) is 0 Å². The van der Waals surface area contributed by atoms with E-state index in [1.165, 1.54) is 77.3 Å². The third-order valence-electron chi connectivity index (χ3n) is 9.07. The number of rotatable bonds is 34. The van der Waals surface area contributed by atoms with Gasteiger partial charge in [-0.1, -0.05) is 118 Å². The number of ether oxygens (including phenoxy) is 2. The molecule has 0 heterocycles. The second-order valence-corrected chi connectivity index (χ2v) is 13.1. The Morgan fingerprint density at radius 1 is 0.500 bits per heavy atom. The predicted molar refractivity (Wildman–Crippen MR) is 186 cm³/mol. The van der Waals surface area contributed by atoms with Crippen LogP contribution < -0.4 is 0 Å². The van der Waals surface area contributed by atoms with Crippen LogP contribution >= 0.6 is 0 Å². The minimum atomic E-state index is 0.0128. The highest BCUT2D eigenvalue weighted by Crippen LogP contribution is 2.17. The van der Waals surface area contributed by atoms with Gasteiger partial charge in [0.05, 0.1) is 25.0 Å². The topological polar surface area (TPSA) is 76.1 Å². The van der Waals surface area contributed by atoms with Crippen LogP contribution in [0.25, 0.3) is 0 Å². The number of carbonyl (C=O) groups excluding carboxylic acids is 2. The average molecular weight is 626 g/mol. The van der Waals surface area contributed by atoms with Crippen LogP contribution in [0, 0.1) is 11.8 Å². The van der Waals surface area contributed by atoms with Crippen molar-refractivity contribution in [2.24, 2.45) is 11.8 Å². The molecule has 0 aromatic carbocycles. The van der Waals surface area contributed by atoms with Crippen LogP contribution in [0.4, 0.5) is 0 Å². The first-order chi connectivity index (χ1) is 21.5. The Balaban J connectivity index is 3.83. The lowest BCUT2D eigenvalue weighted by molar-refractivity contribution is -0.150. The maximum absolute atomic E-state index is 12.2. The smallest absolute Gasteiger partial charge is 0.308 e. The summed E-state index contributed by atoms with van der Waals surface area (Å²) < 4.78 is 11.1. The van der Waals surface area contributed by atoms with E-state index in [0.29, 0.717) is 19.8 Å². The first kappa shape index (κ1) is 42.9. The zero-order valence-electron chi connectivity index (χ0n) is 29.9. The molecule has 262 valence electrons. The Hall–Kier alpha value is -1.14. The number of aliphatic hydroxyl groups excluding tert-OH is 1. The van der Waals surface area contributed by atoms with Crippen LogP contribution in [0.2, 0.25) is 0 Å². The van der Waals surface area contributed by atoms with Crippen molar-refractivity contribution in [3.05, 3.63) is 0 Å². The van der Waals surface area contributed by atoms with Crippen LogP contribution in [0.15, 0.2) is 0 Å². The predicted octanol–water partition coefficient (Wildman–Crippen LogP) is 10.0. The van der Waals surface area contributed by atoms with Crippen LogP contribution in [0.1, 0.15) is 182 Å². The van der Waals surface area contributed by atoms with Crippen molar-refractivity contribution in [2.45, 2.75) is 182 Å². The second kappa shape index (κ2) is 33.2. The largest absolute Gasteiger partial charge is 0.465 e. The van der Waals surface area contributed by atoms with Gasteiger partial charge in [0, 0.05) is 6.61 Å². The standard InChI is InChI=1S/C38H75NO5/c1-5-9-27-35(7-3)37(41)43-33-25-19-15-11-13-17-21-29-39(31-23-24-32-40)30-22-18-14-12-16-20-26-34-44-38(42)36(8-4)28-10-6-2/h35-36,40H,5-34H2,1-4H3. The Kier molecular flexibility index (Phi) is 32.4. The number of hydrogen-bond acceptors (Lipinski definition) is 6. The summed E-state index contributed by atoms with van der Waals surface area (Å²) in [4.78, 5) is 27.0. The maximum atomic E-state index is 12.2. The Morgan fingerprint density at radius 3 is 1.18 bits per heavy atom. The summed E-state index contributed by atoms with van der Waals surface area (Å²) in [5.41, 5.74) is 0. The molecule has 44 heavy (non-hydrogen) atoms. The van der Waals surface area contributed by atoms with Crippen molar-refractivity contribution in [3.63, 3.8) is 0 Å². The van der Waals surface area contributed by atoms with E-state index < -0.39 is 0 Å². The molecular weight excluding hydrogens is 550 g/mol. The van der Waals surface area contributed by atoms with E-state index >= 15 is 0 Å². The van der Waals surface area contributed by atoms with Gasteiger partial charge in [-0.25, -0.2) is 0 Å². The van der Waals surface area contributed by atoms with E-state index in [2.05, 4.69) is 32.6 Å². The highest BCUT2D eigenvalue weighted by atomic mass is 16.5. The fraction of sp³-hybridized carbons (Fsp3) is 0.947. The fourth-order valence-corrected chi connectivity index (χ4v) is 5.88. The minimum absolute atomic E-state index is 0.0128. The van der Waals surface area contributed by atoms with Crippen LogP contribution in [0.5, 0.6) is 0 Å². The molecule has 0 fully saturated rings. The lowest BCUT2D eigenvalue weighted by Crippen LogP contribution is -2.27. The highest BCUT2D eigenvalue weighted by molar-refractivity contribution is 5.72. The fourth-order valence-electron chi connectivity index (χ4n) is 5.88. The number of carbonyl (C=O) groups is 2. The molecule has 2 unspecified atom stereocenters. The summed E-state index contributed by atoms with van der Waals surface area (Å²) in [6, 6.07) is 0. The molecule has 0 aromatic heterocycles. The molecule has 0 aliphatic heterocycles. The van der Waals surface area contributed by atoms with Crippen molar-refractivity contribution in [1.82, 2.24) is 4.90 Å². The van der Waals surface area contributed by atoms with Gasteiger partial charge in [0.2, 0.25) is 0 Å². The summed E-state index contributed by atoms with van der Waals surface area (Å²) >= 11 is 0. The van der Waals surface area contributed by atoms with Crippen molar-refractivity contribution in [3.8, 4) is 0 Å². The monoisotopic (exact) mass is 626 g/mol. The minimum Gasteiger partial charge on any atom is -0.465 e. The molecule has 0 aliphatic rings. The van der Waals surface area contributed by atoms with Gasteiger partial charge >= 0.3 is 11.9 Å². The lowest BCUT2D eigenvalue weighted by Gasteiger charge is -2.22. The van der Waals surface area contributed by atoms with Gasteiger partial charge in [-0.05, 0) is 83.8 Å². The summed E-state index contributed by atoms with van der Waals surface area (Å²) in [7, 11) is 0. The van der Waals surface area contributed by atoms with Crippen molar-refractivity contribution in [2.75, 3.05) is 39.5 Å². The van der Waals surface area contributed by atoms with E-state index in [0.717, 1.165) is 96.4 Å². The van der Waals surface area contributed by atoms with Crippen LogP contribution in [-0.4, -0.2) is 61.4 Å². The van der Waals surface area contributed by atoms with E-state index in [9.17, 15) is 14.7 Å². The van der Waals surface area contributed by atoms with Crippen LogP contribution in [-0.2, 0) is 19.1 Å². The Morgan fingerprint density at radius 2 is 0.841 bits per heavy atom. The molecule has 2 atom stereocenters. The van der Waals surface area contributed by atoms with Gasteiger partial charge in [-0.3, -0.25) is 9.59 Å². The molecule has 0 spiro atoms. The van der Waals surface area contributed by atoms with Gasteiger partial charge in [0.15, 0.2) is 0 Å². The van der Waals surface area contributed by atoms with E-state index in [1.807, 2.05) is 0 Å². The molecule has 0 amide bonds. The highest BCUT2D eigenvalue weighted by Gasteiger charge is 2.17. The first-order valence-electron chi connectivity index (χ1n) is 19.2. The average Bonchev–Trinajstić information content (AvgIpc) is 3.03. The number of aliphatic hydroxyl groups is 1. The Bertz CT molecular complexity index is 580. The van der Waals surface area contributed by atoms with Gasteiger partial charge in [-0.15, -0.1) is 0 Å². The van der Waals surface area contributed by atoms with E-state index in [4.69, 9.17) is 9.47 Å². The third kappa shape index (κ3) is 26.1. The Labute approximate surface area is 273 Å². The molecule has 0 saturated heterocycles. The SMILES string of the molecule is CCCCC(CC)C(=O)OCCCCCCCCCN(CCCCO)CCCCCCCCCOC(=O)C(CC)CCCC. The van der Waals surface area contributed by atoms with Gasteiger partial charge in [-0.2, -0.15) is 0 Å². The van der Waals surface area contributed by atoms with Gasteiger partial charge < -0.3 is 19.5 Å². The van der Waals surface area contributed by atoms with Crippen LogP contribution in [0.3, 0.4) is 0 Å². The van der Waals surface area contributed by atoms with Crippen molar-refractivity contribution >= 4 is 11.9 Å².